The molecular weight excluding hydrogens is 207 g/mol. The van der Waals surface area contributed by atoms with E-state index in [9.17, 15) is 0 Å². The maximum Gasteiger partial charge on any atom is 1.00 e. The Kier molecular flexibility index (Phi) is 16.5. The molecule has 0 radical (unpaired) electrons. The molecule has 0 aliphatic rings. The van der Waals surface area contributed by atoms with Crippen molar-refractivity contribution in [1.82, 2.24) is 4.98 Å². The Morgan fingerprint density at radius 3 is 1.92 bits per heavy atom. The molecule has 0 spiro atoms. The molecule has 0 aliphatic carbocycles. The average molecular weight is 211 g/mol. The Balaban J connectivity index is -0.000000116. The molecule has 1 aromatic heterocycles. The molecule has 58 valence electrons. The van der Waals surface area contributed by atoms with Crippen molar-refractivity contribution in [2.45, 2.75) is 0 Å². The fourth-order valence-electron chi connectivity index (χ4n) is 0.176. The van der Waals surface area contributed by atoms with Crippen LogP contribution < -0.4 is 68.9 Å². The Hall–Kier alpha value is 1.32. The van der Waals surface area contributed by atoms with Crippen LogP contribution in [0.1, 0.15) is 0 Å². The minimum atomic E-state index is -5.14. The van der Waals surface area contributed by atoms with Gasteiger partial charge in [0.15, 0.2) is 6.39 Å². The fraction of sp³-hybridized carbons (Fsp3) is 0. The van der Waals surface area contributed by atoms with Gasteiger partial charge in [-0.2, -0.15) is 0 Å². The van der Waals surface area contributed by atoms with Crippen molar-refractivity contribution >= 4 is 7.82 Å². The molecule has 6 nitrogen and oxygen atoms in total. The molecule has 1 heterocycles. The maximum atomic E-state index is 8.66. The van der Waals surface area contributed by atoms with Gasteiger partial charge in [-0.15, -0.1) is 0 Å². The van der Waals surface area contributed by atoms with Crippen LogP contribution in [0, 0.1) is 0 Å². The molecular formula is C3H4NNa2O5P. The van der Waals surface area contributed by atoms with Gasteiger partial charge in [0.05, 0.1) is 14.0 Å². The first-order chi connectivity index (χ1) is 4.50. The summed E-state index contributed by atoms with van der Waals surface area (Å²) in [6.07, 6.45) is 4.47. The van der Waals surface area contributed by atoms with Crippen molar-refractivity contribution in [3.63, 3.8) is 0 Å². The zero-order chi connectivity index (χ0) is 8.04. The molecule has 12 heavy (non-hydrogen) atoms. The van der Waals surface area contributed by atoms with Gasteiger partial charge in [0.1, 0.15) is 6.26 Å². The molecule has 0 aliphatic heterocycles. The van der Waals surface area contributed by atoms with E-state index in [1.807, 2.05) is 0 Å². The van der Waals surface area contributed by atoms with Crippen molar-refractivity contribution < 1.29 is 82.8 Å². The van der Waals surface area contributed by atoms with E-state index >= 15 is 0 Å². The van der Waals surface area contributed by atoms with Crippen LogP contribution in [0.15, 0.2) is 23.3 Å². The summed E-state index contributed by atoms with van der Waals surface area (Å²) in [5, 5.41) is 0. The second-order valence-corrected chi connectivity index (χ2v) is 2.08. The monoisotopic (exact) mass is 211 g/mol. The van der Waals surface area contributed by atoms with Gasteiger partial charge in [-0.25, -0.2) is 4.98 Å². The second-order valence-electron chi connectivity index (χ2n) is 1.14. The third-order valence-electron chi connectivity index (χ3n) is 0.347. The van der Waals surface area contributed by atoms with Gasteiger partial charge >= 0.3 is 59.1 Å². The van der Waals surface area contributed by atoms with Crippen molar-refractivity contribution in [2.75, 3.05) is 0 Å². The Morgan fingerprint density at radius 1 is 1.42 bits per heavy atom. The molecule has 0 aromatic carbocycles. The summed E-state index contributed by atoms with van der Waals surface area (Å²) in [6, 6.07) is 0. The van der Waals surface area contributed by atoms with E-state index in [1.165, 1.54) is 12.7 Å². The topological polar surface area (TPSA) is 109 Å². The number of rotatable bonds is 0. The summed E-state index contributed by atoms with van der Waals surface area (Å²) >= 11 is 0. The summed E-state index contributed by atoms with van der Waals surface area (Å²) in [7, 11) is -5.14. The number of hydrogen-bond acceptors (Lipinski definition) is 5. The Labute approximate surface area is 113 Å². The number of phosphoric acid groups is 1. The van der Waals surface area contributed by atoms with Crippen molar-refractivity contribution in [1.29, 1.82) is 0 Å². The van der Waals surface area contributed by atoms with Gasteiger partial charge in [-0.05, 0) is 0 Å². The average Bonchev–Trinajstić information content (AvgIpc) is 2.07. The standard InChI is InChI=1S/C3H3NO.2Na.H3O4P/c1-2-5-3-4-1;;;1-5(2,3)4/h1-3H;;;(H3,1,2,3,4)/q;2*+1;/p-2. The van der Waals surface area contributed by atoms with Crippen molar-refractivity contribution in [3.05, 3.63) is 18.9 Å². The van der Waals surface area contributed by atoms with Crippen LogP contribution in [0.4, 0.5) is 0 Å². The minimum Gasteiger partial charge on any atom is -0.790 e. The fourth-order valence-corrected chi connectivity index (χ4v) is 0.176. The number of nitrogens with zero attached hydrogens (tertiary/aromatic N) is 1. The first kappa shape index (κ1) is 19.0. The molecule has 1 N–H and O–H groups in total. The summed E-state index contributed by atoms with van der Waals surface area (Å²) in [6.45, 7) is 0. The van der Waals surface area contributed by atoms with E-state index in [1.54, 1.807) is 6.20 Å². The summed E-state index contributed by atoms with van der Waals surface area (Å²) in [5.74, 6) is 0. The predicted molar refractivity (Wildman–Crippen MR) is 26.3 cm³/mol. The van der Waals surface area contributed by atoms with Gasteiger partial charge in [0.25, 0.3) is 0 Å². The van der Waals surface area contributed by atoms with Crippen LogP contribution in [0.3, 0.4) is 0 Å². The molecule has 0 amide bonds. The maximum absolute atomic E-state index is 8.66. The first-order valence-corrected chi connectivity index (χ1v) is 3.56. The summed E-state index contributed by atoms with van der Waals surface area (Å²) in [4.78, 5) is 27.8. The van der Waals surface area contributed by atoms with Crippen molar-refractivity contribution in [2.24, 2.45) is 0 Å². The number of oxazole rings is 1. The van der Waals surface area contributed by atoms with E-state index in [0.29, 0.717) is 0 Å². The zero-order valence-electron chi connectivity index (χ0n) is 6.71. The van der Waals surface area contributed by atoms with E-state index in [-0.39, 0.29) is 59.1 Å². The third-order valence-corrected chi connectivity index (χ3v) is 0.347. The molecule has 1 aromatic rings. The largest absolute Gasteiger partial charge is 1.00 e. The van der Waals surface area contributed by atoms with Gasteiger partial charge in [0.2, 0.25) is 0 Å². The number of hydrogen-bond donors (Lipinski definition) is 1. The van der Waals surface area contributed by atoms with E-state index in [0.717, 1.165) is 0 Å². The summed E-state index contributed by atoms with van der Waals surface area (Å²) < 4.78 is 13.1. The number of aromatic nitrogens is 1. The molecule has 0 saturated carbocycles. The van der Waals surface area contributed by atoms with Crippen LogP contribution >= 0.6 is 7.82 Å². The molecule has 0 unspecified atom stereocenters. The molecule has 1 rings (SSSR count). The van der Waals surface area contributed by atoms with Gasteiger partial charge < -0.3 is 23.7 Å². The molecule has 0 fully saturated rings. The van der Waals surface area contributed by atoms with Crippen LogP contribution in [0.2, 0.25) is 0 Å². The predicted octanol–water partition coefficient (Wildman–Crippen LogP) is -7.51. The third kappa shape index (κ3) is 30.2. The second kappa shape index (κ2) is 10.4. The Bertz CT molecular complexity index is 173. The Morgan fingerprint density at radius 2 is 1.83 bits per heavy atom. The van der Waals surface area contributed by atoms with Crippen LogP contribution in [-0.4, -0.2) is 9.88 Å². The van der Waals surface area contributed by atoms with Crippen LogP contribution in [0.5, 0.6) is 0 Å². The minimum absolute atomic E-state index is 0. The van der Waals surface area contributed by atoms with Gasteiger partial charge in [-0.1, -0.05) is 0 Å². The molecule has 0 atom stereocenters. The van der Waals surface area contributed by atoms with E-state index in [2.05, 4.69) is 9.40 Å². The smallest absolute Gasteiger partial charge is 0.790 e. The molecule has 0 saturated heterocycles. The molecule has 0 bridgehead atoms. The van der Waals surface area contributed by atoms with E-state index < -0.39 is 7.82 Å². The zero-order valence-corrected chi connectivity index (χ0v) is 11.6. The van der Waals surface area contributed by atoms with Crippen LogP contribution in [0.25, 0.3) is 0 Å². The van der Waals surface area contributed by atoms with Gasteiger partial charge in [-0.3, -0.25) is 0 Å². The normalized spacial score (nSPS) is 8.25. The van der Waals surface area contributed by atoms with Gasteiger partial charge in [0, 0.05) is 0 Å². The van der Waals surface area contributed by atoms with Crippen molar-refractivity contribution in [3.8, 4) is 0 Å². The SMILES string of the molecule is O=P([O-])([O-])O.[Na+].[Na+].c1cocn1. The van der Waals surface area contributed by atoms with E-state index in [4.69, 9.17) is 19.2 Å². The molecule has 9 heteroatoms. The quantitative estimate of drug-likeness (QED) is 0.337. The summed E-state index contributed by atoms with van der Waals surface area (Å²) in [5.41, 5.74) is 0. The van der Waals surface area contributed by atoms with Crippen LogP contribution in [-0.2, 0) is 4.57 Å². The first-order valence-electron chi connectivity index (χ1n) is 2.07.